The number of carbonyl (C=O) groups excluding carboxylic acids is 1. The average molecular weight is 274 g/mol. The van der Waals surface area contributed by atoms with Crippen molar-refractivity contribution in [2.75, 3.05) is 6.54 Å². The van der Waals surface area contributed by atoms with E-state index in [-0.39, 0.29) is 11.7 Å². The van der Waals surface area contributed by atoms with Crippen LogP contribution in [0.2, 0.25) is 0 Å². The number of hydrogen-bond donors (Lipinski definition) is 2. The molecule has 1 aromatic heterocycles. The molecule has 106 valence electrons. The first-order valence-electron chi connectivity index (χ1n) is 6.94. The van der Waals surface area contributed by atoms with Crippen molar-refractivity contribution in [3.63, 3.8) is 0 Å². The minimum absolute atomic E-state index is 0.00599. The predicted molar refractivity (Wildman–Crippen MR) is 73.5 cm³/mol. The molecule has 0 aromatic carbocycles. The second-order valence-electron chi connectivity index (χ2n) is 5.55. The summed E-state index contributed by atoms with van der Waals surface area (Å²) >= 11 is 0. The topological polar surface area (TPSA) is 91.8 Å². The van der Waals surface area contributed by atoms with E-state index in [4.69, 9.17) is 10.9 Å². The summed E-state index contributed by atoms with van der Waals surface area (Å²) in [5, 5.41) is 11.5. The number of amides is 1. The lowest BCUT2D eigenvalue weighted by Gasteiger charge is -2.21. The Morgan fingerprint density at radius 1 is 1.40 bits per heavy atom. The summed E-state index contributed by atoms with van der Waals surface area (Å²) in [6.45, 7) is 0.854. The number of carbonyl (C=O) groups is 1. The Kier molecular flexibility index (Phi) is 3.30. The number of hydrogen-bond acceptors (Lipinski definition) is 4. The van der Waals surface area contributed by atoms with Crippen LogP contribution in [0.15, 0.2) is 23.5 Å². The van der Waals surface area contributed by atoms with Gasteiger partial charge in [-0.15, -0.1) is 0 Å². The Bertz CT molecular complexity index is 533. The number of nitrogens with zero attached hydrogens (tertiary/aromatic N) is 3. The van der Waals surface area contributed by atoms with Gasteiger partial charge in [-0.3, -0.25) is 9.78 Å². The molecule has 2 saturated carbocycles. The zero-order chi connectivity index (χ0) is 14.1. The molecular weight excluding hydrogens is 256 g/mol. The van der Waals surface area contributed by atoms with Gasteiger partial charge in [0.2, 0.25) is 0 Å². The fourth-order valence-corrected chi connectivity index (χ4v) is 2.24. The van der Waals surface area contributed by atoms with E-state index in [0.29, 0.717) is 23.2 Å². The number of rotatable bonds is 5. The van der Waals surface area contributed by atoms with Crippen molar-refractivity contribution < 1.29 is 10.0 Å². The molecule has 1 heterocycles. The largest absolute Gasteiger partial charge is 0.409 e. The molecule has 2 aliphatic carbocycles. The second-order valence-corrected chi connectivity index (χ2v) is 5.55. The number of aromatic nitrogens is 1. The molecule has 0 atom stereocenters. The SMILES string of the molecule is NC(=NO)c1ccc(C(=O)N(CC2CC2)C2CC2)nc1. The quantitative estimate of drug-likeness (QED) is 0.365. The third kappa shape index (κ3) is 2.74. The molecule has 0 bridgehead atoms. The number of pyridine rings is 1. The van der Waals surface area contributed by atoms with E-state index in [1.54, 1.807) is 12.1 Å². The molecule has 6 nitrogen and oxygen atoms in total. The van der Waals surface area contributed by atoms with Crippen LogP contribution in [0.4, 0.5) is 0 Å². The van der Waals surface area contributed by atoms with E-state index in [9.17, 15) is 4.79 Å². The summed E-state index contributed by atoms with van der Waals surface area (Å²) in [5.74, 6) is 0.662. The van der Waals surface area contributed by atoms with Gasteiger partial charge in [-0.1, -0.05) is 5.16 Å². The molecule has 2 aliphatic rings. The van der Waals surface area contributed by atoms with E-state index in [1.165, 1.54) is 19.0 Å². The summed E-state index contributed by atoms with van der Waals surface area (Å²) in [6.07, 6.45) is 6.12. The number of nitrogens with two attached hydrogens (primary N) is 1. The van der Waals surface area contributed by atoms with Gasteiger partial charge in [0, 0.05) is 24.3 Å². The van der Waals surface area contributed by atoms with Gasteiger partial charge in [0.25, 0.3) is 5.91 Å². The molecule has 1 aromatic rings. The monoisotopic (exact) mass is 274 g/mol. The smallest absolute Gasteiger partial charge is 0.272 e. The van der Waals surface area contributed by atoms with E-state index < -0.39 is 0 Å². The van der Waals surface area contributed by atoms with Crippen molar-refractivity contribution in [2.45, 2.75) is 31.7 Å². The fraction of sp³-hybridized carbons (Fsp3) is 0.500. The van der Waals surface area contributed by atoms with Crippen LogP contribution >= 0.6 is 0 Å². The molecule has 0 radical (unpaired) electrons. The second kappa shape index (κ2) is 5.11. The zero-order valence-electron chi connectivity index (χ0n) is 11.2. The van der Waals surface area contributed by atoms with Crippen molar-refractivity contribution in [1.82, 2.24) is 9.88 Å². The van der Waals surface area contributed by atoms with Gasteiger partial charge in [-0.05, 0) is 43.7 Å². The Morgan fingerprint density at radius 3 is 2.65 bits per heavy atom. The van der Waals surface area contributed by atoms with Gasteiger partial charge in [-0.25, -0.2) is 0 Å². The molecule has 3 N–H and O–H groups in total. The van der Waals surface area contributed by atoms with Crippen molar-refractivity contribution in [3.8, 4) is 0 Å². The summed E-state index contributed by atoms with van der Waals surface area (Å²) < 4.78 is 0. The summed E-state index contributed by atoms with van der Waals surface area (Å²) in [7, 11) is 0. The standard InChI is InChI=1S/C14H18N4O2/c15-13(17-20)10-3-6-12(16-7-10)14(19)18(11-4-5-11)8-9-1-2-9/h3,6-7,9,11,20H,1-2,4-5,8H2,(H2,15,17). The van der Waals surface area contributed by atoms with Crippen molar-refractivity contribution >= 4 is 11.7 Å². The lowest BCUT2D eigenvalue weighted by atomic mass is 10.2. The average Bonchev–Trinajstić information content (AvgIpc) is 3.36. The van der Waals surface area contributed by atoms with Crippen molar-refractivity contribution in [1.29, 1.82) is 0 Å². The lowest BCUT2D eigenvalue weighted by molar-refractivity contribution is 0.0729. The number of amidine groups is 1. The van der Waals surface area contributed by atoms with Crippen LogP contribution in [-0.4, -0.2) is 39.4 Å². The highest BCUT2D eigenvalue weighted by molar-refractivity contribution is 5.98. The first-order valence-corrected chi connectivity index (χ1v) is 6.94. The van der Waals surface area contributed by atoms with E-state index in [0.717, 1.165) is 19.4 Å². The molecule has 0 saturated heterocycles. The van der Waals surface area contributed by atoms with Crippen molar-refractivity contribution in [3.05, 3.63) is 29.6 Å². The third-order valence-corrected chi connectivity index (χ3v) is 3.79. The summed E-state index contributed by atoms with van der Waals surface area (Å²) in [5.41, 5.74) is 6.40. The molecule has 20 heavy (non-hydrogen) atoms. The molecule has 6 heteroatoms. The maximum absolute atomic E-state index is 12.5. The highest BCUT2D eigenvalue weighted by atomic mass is 16.4. The summed E-state index contributed by atoms with van der Waals surface area (Å²) in [6, 6.07) is 3.68. The minimum atomic E-state index is -0.00883. The molecule has 1 amide bonds. The fourth-order valence-electron chi connectivity index (χ4n) is 2.24. The molecule has 3 rings (SSSR count). The highest BCUT2D eigenvalue weighted by Gasteiger charge is 2.37. The first-order chi connectivity index (χ1) is 9.69. The van der Waals surface area contributed by atoms with Gasteiger partial charge in [-0.2, -0.15) is 0 Å². The Labute approximate surface area is 117 Å². The zero-order valence-corrected chi connectivity index (χ0v) is 11.2. The van der Waals surface area contributed by atoms with E-state index in [2.05, 4.69) is 10.1 Å². The van der Waals surface area contributed by atoms with Crippen LogP contribution in [0.5, 0.6) is 0 Å². The molecule has 0 unspecified atom stereocenters. The summed E-state index contributed by atoms with van der Waals surface area (Å²) in [4.78, 5) is 18.6. The lowest BCUT2D eigenvalue weighted by Crippen LogP contribution is -2.35. The highest BCUT2D eigenvalue weighted by Crippen LogP contribution is 2.35. The van der Waals surface area contributed by atoms with Gasteiger partial charge < -0.3 is 15.8 Å². The van der Waals surface area contributed by atoms with E-state index >= 15 is 0 Å². The van der Waals surface area contributed by atoms with Gasteiger partial charge in [0.05, 0.1) is 0 Å². The Balaban J connectivity index is 1.74. The Morgan fingerprint density at radius 2 is 2.15 bits per heavy atom. The third-order valence-electron chi connectivity index (χ3n) is 3.79. The molecule has 2 fully saturated rings. The molecular formula is C14H18N4O2. The minimum Gasteiger partial charge on any atom is -0.409 e. The van der Waals surface area contributed by atoms with Crippen molar-refractivity contribution in [2.24, 2.45) is 16.8 Å². The molecule has 0 aliphatic heterocycles. The van der Waals surface area contributed by atoms with Crippen LogP contribution in [0.1, 0.15) is 41.7 Å². The maximum Gasteiger partial charge on any atom is 0.272 e. The van der Waals surface area contributed by atoms with Crippen LogP contribution in [0.3, 0.4) is 0 Å². The van der Waals surface area contributed by atoms with E-state index in [1.807, 2.05) is 4.90 Å². The predicted octanol–water partition coefficient (Wildman–Crippen LogP) is 1.19. The maximum atomic E-state index is 12.5. The van der Waals surface area contributed by atoms with Crippen LogP contribution in [-0.2, 0) is 0 Å². The van der Waals surface area contributed by atoms with Crippen LogP contribution in [0, 0.1) is 5.92 Å². The van der Waals surface area contributed by atoms with Gasteiger partial charge in [0.1, 0.15) is 5.69 Å². The Hall–Kier alpha value is -2.11. The normalized spacial score (nSPS) is 18.9. The van der Waals surface area contributed by atoms with Gasteiger partial charge >= 0.3 is 0 Å². The van der Waals surface area contributed by atoms with Gasteiger partial charge in [0.15, 0.2) is 5.84 Å². The van der Waals surface area contributed by atoms with Crippen LogP contribution in [0.25, 0.3) is 0 Å². The van der Waals surface area contributed by atoms with Crippen LogP contribution < -0.4 is 5.73 Å². The first kappa shape index (κ1) is 12.9. The molecule has 0 spiro atoms. The number of oxime groups is 1.